The first kappa shape index (κ1) is 27.0. The molecule has 1 aromatic rings. The van der Waals surface area contributed by atoms with Crippen LogP contribution in [0.25, 0.3) is 11.8 Å². The van der Waals surface area contributed by atoms with Crippen molar-refractivity contribution < 1.29 is 49.4 Å². The quantitative estimate of drug-likeness (QED) is 0.170. The first-order valence-corrected chi connectivity index (χ1v) is 11.7. The first-order valence-electron chi connectivity index (χ1n) is 11.7. The Morgan fingerprint density at radius 3 is 2.34 bits per heavy atom. The molecule has 3 aliphatic rings. The van der Waals surface area contributed by atoms with Gasteiger partial charge in [-0.15, -0.1) is 0 Å². The number of nitrogens with zero attached hydrogens (tertiary/aromatic N) is 1. The second-order valence-corrected chi connectivity index (χ2v) is 9.87. The predicted molar refractivity (Wildman–Crippen MR) is 131 cm³/mol. The van der Waals surface area contributed by atoms with Crippen LogP contribution in [0.2, 0.25) is 0 Å². The average Bonchev–Trinajstić information content (AvgIpc) is 2.84. The van der Waals surface area contributed by atoms with Gasteiger partial charge in [-0.25, -0.2) is 4.79 Å². The standard InChI is InChI=1S/C26H28N2O10/c1-9-11-7-5-10(6-8-12(29)38-4)19(30)14(11)20(31)15-13(9)21(32)17-18(28(2)3)22(33)16(25(27)36)24(35)26(17,37)23(15)34/h5-9,13,17-18,21,30-32,35,37H,1-4H3,(H2,27,36)/b8-6+/t9-,13-,17-,18+,21+,26+/m1/s1. The summed E-state index contributed by atoms with van der Waals surface area (Å²) in [6.07, 6.45) is 0.601. The Morgan fingerprint density at radius 2 is 1.79 bits per heavy atom. The van der Waals surface area contributed by atoms with Gasteiger partial charge in [-0.2, -0.15) is 0 Å². The van der Waals surface area contributed by atoms with Crippen molar-refractivity contribution >= 4 is 35.3 Å². The molecule has 0 radical (unpaired) electrons. The summed E-state index contributed by atoms with van der Waals surface area (Å²) in [5.74, 6) is -10.4. The van der Waals surface area contributed by atoms with Crippen LogP contribution in [0.15, 0.2) is 35.1 Å². The molecule has 1 saturated carbocycles. The lowest BCUT2D eigenvalue weighted by Crippen LogP contribution is -2.70. The number of primary amides is 1. The van der Waals surface area contributed by atoms with Crippen LogP contribution in [0.4, 0.5) is 0 Å². The Hall–Kier alpha value is -4.00. The Balaban J connectivity index is 2.00. The number of rotatable bonds is 4. The fourth-order valence-corrected chi connectivity index (χ4v) is 5.99. The molecule has 0 heterocycles. The van der Waals surface area contributed by atoms with Gasteiger partial charge in [0, 0.05) is 23.1 Å². The van der Waals surface area contributed by atoms with Gasteiger partial charge in [0.1, 0.15) is 22.8 Å². The number of Topliss-reactive ketones (excluding diaryl/α,β-unsaturated/α-hetero) is 2. The van der Waals surface area contributed by atoms with E-state index in [2.05, 4.69) is 4.74 Å². The number of phenolic OH excluding ortho intramolecular Hbond substituents is 1. The number of aliphatic hydroxyl groups is 4. The van der Waals surface area contributed by atoms with Crippen molar-refractivity contribution in [1.82, 2.24) is 4.90 Å². The fourth-order valence-electron chi connectivity index (χ4n) is 5.99. The number of esters is 1. The summed E-state index contributed by atoms with van der Waals surface area (Å²) in [6.45, 7) is 1.63. The van der Waals surface area contributed by atoms with Crippen LogP contribution in [-0.4, -0.2) is 92.8 Å². The molecule has 3 aliphatic carbocycles. The highest BCUT2D eigenvalue weighted by molar-refractivity contribution is 6.24. The smallest absolute Gasteiger partial charge is 0.330 e. The Kier molecular flexibility index (Phi) is 6.46. The summed E-state index contributed by atoms with van der Waals surface area (Å²) < 4.78 is 4.53. The molecule has 0 unspecified atom stereocenters. The Bertz CT molecular complexity index is 1370. The molecular weight excluding hydrogens is 500 g/mol. The summed E-state index contributed by atoms with van der Waals surface area (Å²) in [6, 6.07) is 1.59. The third-order valence-corrected chi connectivity index (χ3v) is 7.76. The number of hydrogen-bond acceptors (Lipinski definition) is 11. The van der Waals surface area contributed by atoms with Gasteiger partial charge in [0.15, 0.2) is 11.4 Å². The second kappa shape index (κ2) is 9.08. The number of phenols is 1. The van der Waals surface area contributed by atoms with Crippen molar-refractivity contribution in [2.24, 2.45) is 17.6 Å². The fraction of sp³-hybridized carbons (Fsp3) is 0.385. The summed E-state index contributed by atoms with van der Waals surface area (Å²) >= 11 is 0. The second-order valence-electron chi connectivity index (χ2n) is 9.87. The zero-order chi connectivity index (χ0) is 28.4. The molecule has 38 heavy (non-hydrogen) atoms. The molecule has 12 nitrogen and oxygen atoms in total. The monoisotopic (exact) mass is 528 g/mol. The normalized spacial score (nSPS) is 30.9. The summed E-state index contributed by atoms with van der Waals surface area (Å²) in [5, 5.41) is 56.4. The minimum atomic E-state index is -2.98. The van der Waals surface area contributed by atoms with Gasteiger partial charge in [-0.05, 0) is 31.7 Å². The van der Waals surface area contributed by atoms with E-state index in [1.807, 2.05) is 0 Å². The zero-order valence-corrected chi connectivity index (χ0v) is 21.0. The minimum Gasteiger partial charge on any atom is -0.508 e. The first-order chi connectivity index (χ1) is 17.7. The number of ketones is 2. The number of hydrogen-bond donors (Lipinski definition) is 6. The van der Waals surface area contributed by atoms with Crippen LogP contribution >= 0.6 is 0 Å². The van der Waals surface area contributed by atoms with Gasteiger partial charge in [0.2, 0.25) is 5.78 Å². The topological polar surface area (TPSA) is 208 Å². The van der Waals surface area contributed by atoms with Crippen LogP contribution in [0, 0.1) is 11.8 Å². The molecule has 0 spiro atoms. The van der Waals surface area contributed by atoms with Crippen molar-refractivity contribution in [3.63, 3.8) is 0 Å². The van der Waals surface area contributed by atoms with Gasteiger partial charge in [0.25, 0.3) is 5.91 Å². The van der Waals surface area contributed by atoms with Crippen LogP contribution in [0.3, 0.4) is 0 Å². The molecule has 6 atom stereocenters. The molecule has 0 bridgehead atoms. The highest BCUT2D eigenvalue weighted by Crippen LogP contribution is 2.56. The number of benzene rings is 1. The molecule has 12 heteroatoms. The molecular formula is C26H28N2O10. The van der Waals surface area contributed by atoms with Crippen molar-refractivity contribution in [3.8, 4) is 5.75 Å². The molecule has 1 fully saturated rings. The molecule has 1 amide bonds. The number of aromatic hydroxyl groups is 1. The highest BCUT2D eigenvalue weighted by atomic mass is 16.5. The molecule has 0 saturated heterocycles. The largest absolute Gasteiger partial charge is 0.508 e. The van der Waals surface area contributed by atoms with Crippen molar-refractivity contribution in [3.05, 3.63) is 51.8 Å². The number of aliphatic hydroxyl groups excluding tert-OH is 3. The van der Waals surface area contributed by atoms with Gasteiger partial charge in [-0.1, -0.05) is 19.1 Å². The van der Waals surface area contributed by atoms with E-state index in [-0.39, 0.29) is 11.1 Å². The molecule has 7 N–H and O–H groups in total. The van der Waals surface area contributed by atoms with Crippen LogP contribution in [0.1, 0.15) is 29.5 Å². The molecule has 1 aromatic carbocycles. The van der Waals surface area contributed by atoms with Crippen molar-refractivity contribution in [1.29, 1.82) is 0 Å². The Labute approximate surface area is 216 Å². The maximum atomic E-state index is 13.9. The highest BCUT2D eigenvalue weighted by Gasteiger charge is 2.68. The summed E-state index contributed by atoms with van der Waals surface area (Å²) in [7, 11) is 4.04. The maximum Gasteiger partial charge on any atom is 0.330 e. The molecule has 0 aliphatic heterocycles. The van der Waals surface area contributed by atoms with E-state index >= 15 is 0 Å². The minimum absolute atomic E-state index is 0.0991. The van der Waals surface area contributed by atoms with E-state index in [9.17, 15) is 44.7 Å². The zero-order valence-electron chi connectivity index (χ0n) is 21.0. The number of carbonyl (C=O) groups is 4. The lowest BCUT2D eigenvalue weighted by Gasteiger charge is -2.53. The molecule has 202 valence electrons. The third-order valence-electron chi connectivity index (χ3n) is 7.76. The number of likely N-dealkylation sites (N-methyl/N-ethyl adjacent to an activating group) is 1. The van der Waals surface area contributed by atoms with E-state index in [1.165, 1.54) is 38.2 Å². The lowest BCUT2D eigenvalue weighted by atomic mass is 9.54. The van der Waals surface area contributed by atoms with Gasteiger partial charge in [-0.3, -0.25) is 19.3 Å². The number of nitrogens with two attached hydrogens (primary N) is 1. The van der Waals surface area contributed by atoms with Gasteiger partial charge < -0.3 is 36.0 Å². The average molecular weight is 529 g/mol. The molecule has 0 aromatic heterocycles. The van der Waals surface area contributed by atoms with Gasteiger partial charge in [0.05, 0.1) is 30.7 Å². The molecule has 4 rings (SSSR count). The van der Waals surface area contributed by atoms with Crippen molar-refractivity contribution in [2.45, 2.75) is 30.6 Å². The maximum absolute atomic E-state index is 13.9. The summed E-state index contributed by atoms with van der Waals surface area (Å²) in [4.78, 5) is 51.9. The number of amides is 1. The lowest BCUT2D eigenvalue weighted by molar-refractivity contribution is -0.169. The third kappa shape index (κ3) is 3.48. The number of carbonyl (C=O) groups excluding carboxylic acids is 4. The number of methoxy groups -OCH3 is 1. The van der Waals surface area contributed by atoms with E-state index in [4.69, 9.17) is 5.73 Å². The SMILES string of the molecule is COC(=O)/C=C/c1ccc2c(c1O)C(O)=C1C(=O)[C@]3(O)C(O)=C(C(N)=O)C(=O)[C@@H](N(C)C)[C@@H]3[C@@H](O)[C@@H]1[C@@H]2C. The van der Waals surface area contributed by atoms with E-state index < -0.39 is 87.4 Å². The summed E-state index contributed by atoms with van der Waals surface area (Å²) in [5.41, 5.74) is 1.11. The van der Waals surface area contributed by atoms with E-state index in [0.717, 1.165) is 6.08 Å². The predicted octanol–water partition coefficient (Wildman–Crippen LogP) is -0.318. The van der Waals surface area contributed by atoms with Crippen LogP contribution in [0.5, 0.6) is 5.75 Å². The van der Waals surface area contributed by atoms with E-state index in [1.54, 1.807) is 13.0 Å². The number of ether oxygens (including phenoxy) is 1. The van der Waals surface area contributed by atoms with E-state index in [0.29, 0.717) is 5.56 Å². The van der Waals surface area contributed by atoms with Crippen molar-refractivity contribution in [2.75, 3.05) is 21.2 Å². The van der Waals surface area contributed by atoms with Gasteiger partial charge >= 0.3 is 5.97 Å². The number of fused-ring (bicyclic) bond motifs is 3. The van der Waals surface area contributed by atoms with Crippen LogP contribution in [-0.2, 0) is 23.9 Å². The van der Waals surface area contributed by atoms with Crippen LogP contribution < -0.4 is 5.73 Å². The Morgan fingerprint density at radius 1 is 1.16 bits per heavy atom.